The quantitative estimate of drug-likeness (QED) is 0.860. The van der Waals surface area contributed by atoms with Gasteiger partial charge in [0.15, 0.2) is 0 Å². The van der Waals surface area contributed by atoms with Crippen LogP contribution in [0.4, 0.5) is 0 Å². The van der Waals surface area contributed by atoms with Gasteiger partial charge in [-0.3, -0.25) is 4.79 Å². The van der Waals surface area contributed by atoms with Crippen molar-refractivity contribution in [1.29, 1.82) is 0 Å². The Morgan fingerprint density at radius 2 is 2.20 bits per heavy atom. The van der Waals surface area contributed by atoms with Crippen LogP contribution in [0.25, 0.3) is 0 Å². The summed E-state index contributed by atoms with van der Waals surface area (Å²) in [7, 11) is -3.15. The number of nitrogens with zero attached hydrogens (tertiary/aromatic N) is 1. The largest absolute Gasteiger partial charge is 0.507 e. The van der Waals surface area contributed by atoms with Crippen molar-refractivity contribution in [2.75, 3.05) is 25.4 Å². The topological polar surface area (TPSA) is 86.7 Å². The molecule has 8 heteroatoms. The first kappa shape index (κ1) is 15.1. The third-order valence-electron chi connectivity index (χ3n) is 3.05. The zero-order valence-electron chi connectivity index (χ0n) is 10.7. The molecule has 0 unspecified atom stereocenters. The van der Waals surface area contributed by atoms with Crippen LogP contribution in [0.3, 0.4) is 0 Å². The van der Waals surface area contributed by atoms with Crippen molar-refractivity contribution in [3.8, 4) is 5.75 Å². The molecule has 1 aliphatic rings. The van der Waals surface area contributed by atoms with Crippen LogP contribution in [-0.4, -0.2) is 49.1 Å². The second-order valence-electron chi connectivity index (χ2n) is 4.49. The number of aromatic hydroxyl groups is 1. The average Bonchev–Trinajstić information content (AvgIpc) is 2.71. The Balaban J connectivity index is 1.91. The van der Waals surface area contributed by atoms with Crippen LogP contribution >= 0.6 is 11.6 Å². The number of sulfonamides is 1. The molecule has 0 spiro atoms. The van der Waals surface area contributed by atoms with Gasteiger partial charge in [-0.1, -0.05) is 11.6 Å². The number of phenols is 1. The highest BCUT2D eigenvalue weighted by molar-refractivity contribution is 7.89. The maximum atomic E-state index is 11.9. The summed E-state index contributed by atoms with van der Waals surface area (Å²) in [5.74, 6) is -0.488. The van der Waals surface area contributed by atoms with Crippen molar-refractivity contribution >= 4 is 27.5 Å². The first-order valence-corrected chi connectivity index (χ1v) is 8.13. The minimum absolute atomic E-state index is 0.0711. The van der Waals surface area contributed by atoms with E-state index in [1.165, 1.54) is 22.5 Å². The Kier molecular flexibility index (Phi) is 4.52. The van der Waals surface area contributed by atoms with E-state index in [4.69, 9.17) is 11.6 Å². The highest BCUT2D eigenvalue weighted by Crippen LogP contribution is 2.21. The number of phenolic OH excluding ortho intramolecular Hbond substituents is 1. The second kappa shape index (κ2) is 5.99. The first-order valence-electron chi connectivity index (χ1n) is 6.15. The lowest BCUT2D eigenvalue weighted by Gasteiger charge is -2.14. The third kappa shape index (κ3) is 3.41. The summed E-state index contributed by atoms with van der Waals surface area (Å²) in [5, 5.41) is 12.5. The minimum atomic E-state index is -3.15. The molecule has 20 heavy (non-hydrogen) atoms. The van der Waals surface area contributed by atoms with Gasteiger partial charge in [0, 0.05) is 24.7 Å². The van der Waals surface area contributed by atoms with Gasteiger partial charge in [0.2, 0.25) is 10.0 Å². The minimum Gasteiger partial charge on any atom is -0.507 e. The Morgan fingerprint density at radius 1 is 1.45 bits per heavy atom. The monoisotopic (exact) mass is 318 g/mol. The molecule has 2 N–H and O–H groups in total. The molecule has 1 saturated heterocycles. The number of amides is 1. The van der Waals surface area contributed by atoms with Crippen LogP contribution in [0.1, 0.15) is 16.8 Å². The molecule has 1 heterocycles. The Labute approximate surface area is 122 Å². The first-order chi connectivity index (χ1) is 9.40. The second-order valence-corrected chi connectivity index (χ2v) is 7.01. The van der Waals surface area contributed by atoms with Crippen LogP contribution in [0.2, 0.25) is 5.02 Å². The van der Waals surface area contributed by atoms with Gasteiger partial charge in [-0.2, -0.15) is 0 Å². The molecule has 0 saturated carbocycles. The molecule has 6 nitrogen and oxygen atoms in total. The lowest BCUT2D eigenvalue weighted by molar-refractivity contribution is 0.0949. The van der Waals surface area contributed by atoms with E-state index >= 15 is 0 Å². The van der Waals surface area contributed by atoms with Crippen LogP contribution in [0.15, 0.2) is 18.2 Å². The molecule has 0 atom stereocenters. The van der Waals surface area contributed by atoms with Gasteiger partial charge < -0.3 is 10.4 Å². The van der Waals surface area contributed by atoms with Gasteiger partial charge >= 0.3 is 0 Å². The van der Waals surface area contributed by atoms with Crippen molar-refractivity contribution in [3.05, 3.63) is 28.8 Å². The number of nitrogens with one attached hydrogen (secondary N) is 1. The van der Waals surface area contributed by atoms with Gasteiger partial charge in [-0.05, 0) is 24.6 Å². The Hall–Kier alpha value is -1.31. The van der Waals surface area contributed by atoms with Crippen molar-refractivity contribution in [1.82, 2.24) is 9.62 Å². The molecule has 1 aromatic carbocycles. The van der Waals surface area contributed by atoms with Gasteiger partial charge in [-0.25, -0.2) is 12.7 Å². The summed E-state index contributed by atoms with van der Waals surface area (Å²) < 4.78 is 24.5. The molecule has 0 radical (unpaired) electrons. The lowest BCUT2D eigenvalue weighted by atomic mass is 10.2. The molecule has 1 fully saturated rings. The van der Waals surface area contributed by atoms with Crippen LogP contribution in [0, 0.1) is 0 Å². The SMILES string of the molecule is O=C(NCCN1CCCS1(=O)=O)c1cc(Cl)ccc1O. The standard InChI is InChI=1S/C12H15ClN2O4S/c13-9-2-3-11(16)10(8-9)12(17)14-4-6-15-5-1-7-20(15,18)19/h2-3,8,16H,1,4-7H2,(H,14,17). The van der Waals surface area contributed by atoms with Gasteiger partial charge in [-0.15, -0.1) is 0 Å². The Morgan fingerprint density at radius 3 is 2.85 bits per heavy atom. The molecule has 1 aliphatic heterocycles. The number of carbonyl (C=O) groups is 1. The zero-order chi connectivity index (χ0) is 14.8. The predicted molar refractivity (Wildman–Crippen MR) is 75.4 cm³/mol. The number of carbonyl (C=O) groups excluding carboxylic acids is 1. The van der Waals surface area contributed by atoms with E-state index < -0.39 is 15.9 Å². The van der Waals surface area contributed by atoms with E-state index in [1.807, 2.05) is 0 Å². The highest BCUT2D eigenvalue weighted by Gasteiger charge is 2.27. The molecule has 0 bridgehead atoms. The Bertz CT molecular complexity index is 618. The summed E-state index contributed by atoms with van der Waals surface area (Å²) in [6.45, 7) is 0.903. The third-order valence-corrected chi connectivity index (χ3v) is 5.24. The van der Waals surface area contributed by atoms with E-state index in [0.717, 1.165) is 0 Å². The normalized spacial score (nSPS) is 18.1. The number of rotatable bonds is 4. The summed E-state index contributed by atoms with van der Waals surface area (Å²) in [4.78, 5) is 11.9. The van der Waals surface area contributed by atoms with Gasteiger partial charge in [0.1, 0.15) is 5.75 Å². The molecule has 110 valence electrons. The maximum Gasteiger partial charge on any atom is 0.255 e. The van der Waals surface area contributed by atoms with Crippen molar-refractivity contribution in [2.45, 2.75) is 6.42 Å². The summed E-state index contributed by atoms with van der Waals surface area (Å²) in [6, 6.07) is 4.17. The molecule has 0 aliphatic carbocycles. The van der Waals surface area contributed by atoms with Crippen molar-refractivity contribution in [3.63, 3.8) is 0 Å². The van der Waals surface area contributed by atoms with Crippen LogP contribution in [-0.2, 0) is 10.0 Å². The van der Waals surface area contributed by atoms with E-state index in [1.54, 1.807) is 0 Å². The fourth-order valence-corrected chi connectivity index (χ4v) is 3.72. The summed E-state index contributed by atoms with van der Waals surface area (Å²) >= 11 is 5.76. The lowest BCUT2D eigenvalue weighted by Crippen LogP contribution is -2.35. The number of hydrogen-bond donors (Lipinski definition) is 2. The zero-order valence-corrected chi connectivity index (χ0v) is 12.2. The van der Waals surface area contributed by atoms with E-state index in [-0.39, 0.29) is 30.2 Å². The van der Waals surface area contributed by atoms with E-state index in [0.29, 0.717) is 18.0 Å². The fraction of sp³-hybridized carbons (Fsp3) is 0.417. The van der Waals surface area contributed by atoms with Crippen LogP contribution < -0.4 is 5.32 Å². The number of hydrogen-bond acceptors (Lipinski definition) is 4. The summed E-state index contributed by atoms with van der Waals surface area (Å²) in [6.07, 6.45) is 0.616. The number of halogens is 1. The molecule has 2 rings (SSSR count). The van der Waals surface area contributed by atoms with Crippen molar-refractivity contribution in [2.24, 2.45) is 0 Å². The number of benzene rings is 1. The smallest absolute Gasteiger partial charge is 0.255 e. The molecule has 1 amide bonds. The average molecular weight is 319 g/mol. The van der Waals surface area contributed by atoms with Crippen molar-refractivity contribution < 1.29 is 18.3 Å². The summed E-state index contributed by atoms with van der Waals surface area (Å²) in [5.41, 5.74) is 0.0711. The molecule has 1 aromatic rings. The molecule has 0 aromatic heterocycles. The van der Waals surface area contributed by atoms with Gasteiger partial charge in [0.05, 0.1) is 11.3 Å². The predicted octanol–water partition coefficient (Wildman–Crippen LogP) is 0.811. The molecular weight excluding hydrogens is 304 g/mol. The maximum absolute atomic E-state index is 11.9. The fourth-order valence-electron chi connectivity index (χ4n) is 2.02. The van der Waals surface area contributed by atoms with E-state index in [2.05, 4.69) is 5.32 Å². The van der Waals surface area contributed by atoms with Gasteiger partial charge in [0.25, 0.3) is 5.91 Å². The van der Waals surface area contributed by atoms with Crippen LogP contribution in [0.5, 0.6) is 5.75 Å². The highest BCUT2D eigenvalue weighted by atomic mass is 35.5. The van der Waals surface area contributed by atoms with E-state index in [9.17, 15) is 18.3 Å². The molecular formula is C12H15ClN2O4S.